The number of hydrogen-bond donors (Lipinski definition) is 2. The molecule has 106 valence electrons. The monoisotopic (exact) mass is 273 g/mol. The average Bonchev–Trinajstić information content (AvgIpc) is 2.79. The summed E-state index contributed by atoms with van der Waals surface area (Å²) in [6, 6.07) is 8.79. The van der Waals surface area contributed by atoms with Crippen LogP contribution in [0.5, 0.6) is 5.75 Å². The van der Waals surface area contributed by atoms with Crippen LogP contribution in [0.1, 0.15) is 26.2 Å². The van der Waals surface area contributed by atoms with Crippen LogP contribution in [0, 0.1) is 16.7 Å². The molecule has 1 aromatic rings. The first-order valence-electron chi connectivity index (χ1n) is 6.73. The van der Waals surface area contributed by atoms with Crippen molar-refractivity contribution in [3.05, 3.63) is 24.3 Å². The van der Waals surface area contributed by atoms with Crippen molar-refractivity contribution in [3.8, 4) is 11.8 Å². The standard InChI is InChI=1S/C15H19N3O2/c1-15(8-2-3-13(15)17)14(19)18-11-4-6-12(7-5-11)20-10-9-16/h4-7,13H,2-3,8,10,17H2,1H3,(H,18,19). The number of rotatable bonds is 4. The van der Waals surface area contributed by atoms with Crippen LogP contribution >= 0.6 is 0 Å². The van der Waals surface area contributed by atoms with Gasteiger partial charge >= 0.3 is 0 Å². The maximum Gasteiger partial charge on any atom is 0.231 e. The molecule has 0 aromatic heterocycles. The summed E-state index contributed by atoms with van der Waals surface area (Å²) in [5.41, 5.74) is 6.25. The van der Waals surface area contributed by atoms with Crippen LogP contribution in [-0.4, -0.2) is 18.6 Å². The Morgan fingerprint density at radius 3 is 2.80 bits per heavy atom. The number of anilines is 1. The van der Waals surface area contributed by atoms with Gasteiger partial charge in [-0.3, -0.25) is 4.79 Å². The van der Waals surface area contributed by atoms with E-state index in [0.29, 0.717) is 11.4 Å². The van der Waals surface area contributed by atoms with E-state index in [4.69, 9.17) is 15.7 Å². The number of nitrogens with two attached hydrogens (primary N) is 1. The molecule has 1 aromatic carbocycles. The minimum atomic E-state index is -0.490. The van der Waals surface area contributed by atoms with Gasteiger partial charge in [-0.2, -0.15) is 5.26 Å². The van der Waals surface area contributed by atoms with E-state index in [0.717, 1.165) is 19.3 Å². The van der Waals surface area contributed by atoms with Crippen LogP contribution in [-0.2, 0) is 4.79 Å². The molecule has 1 aliphatic rings. The minimum absolute atomic E-state index is 0.0125. The van der Waals surface area contributed by atoms with Gasteiger partial charge in [-0.25, -0.2) is 0 Å². The zero-order valence-electron chi connectivity index (χ0n) is 11.6. The fraction of sp³-hybridized carbons (Fsp3) is 0.467. The molecule has 5 nitrogen and oxygen atoms in total. The molecule has 0 bridgehead atoms. The Labute approximate surface area is 118 Å². The molecule has 1 saturated carbocycles. The number of nitrogens with zero attached hydrogens (tertiary/aromatic N) is 1. The second-order valence-corrected chi connectivity index (χ2v) is 5.34. The first kappa shape index (κ1) is 14.4. The van der Waals surface area contributed by atoms with Gasteiger partial charge in [0.2, 0.25) is 5.91 Å². The van der Waals surface area contributed by atoms with Gasteiger partial charge < -0.3 is 15.8 Å². The van der Waals surface area contributed by atoms with E-state index >= 15 is 0 Å². The van der Waals surface area contributed by atoms with Gasteiger partial charge in [-0.05, 0) is 44.0 Å². The SMILES string of the molecule is CC1(C(=O)Nc2ccc(OCC#N)cc2)CCCC1N. The molecule has 0 radical (unpaired) electrons. The molecule has 1 fully saturated rings. The van der Waals surface area contributed by atoms with Gasteiger partial charge in [0.1, 0.15) is 11.8 Å². The van der Waals surface area contributed by atoms with Crippen LogP contribution < -0.4 is 15.8 Å². The van der Waals surface area contributed by atoms with E-state index in [9.17, 15) is 4.79 Å². The summed E-state index contributed by atoms with van der Waals surface area (Å²) in [4.78, 5) is 12.3. The first-order chi connectivity index (χ1) is 9.56. The number of carbonyl (C=O) groups is 1. The molecule has 0 saturated heterocycles. The van der Waals surface area contributed by atoms with E-state index in [1.807, 2.05) is 13.0 Å². The Hall–Kier alpha value is -2.06. The predicted octanol–water partition coefficient (Wildman–Crippen LogP) is 2.04. The van der Waals surface area contributed by atoms with Crippen molar-refractivity contribution >= 4 is 11.6 Å². The van der Waals surface area contributed by atoms with E-state index < -0.39 is 5.41 Å². The highest BCUT2D eigenvalue weighted by atomic mass is 16.5. The van der Waals surface area contributed by atoms with E-state index in [1.165, 1.54) is 0 Å². The normalized spacial score (nSPS) is 24.9. The largest absolute Gasteiger partial charge is 0.479 e. The van der Waals surface area contributed by atoms with E-state index in [1.54, 1.807) is 24.3 Å². The number of amides is 1. The van der Waals surface area contributed by atoms with Crippen molar-refractivity contribution in [3.63, 3.8) is 0 Å². The van der Waals surface area contributed by atoms with Crippen LogP contribution in [0.4, 0.5) is 5.69 Å². The summed E-state index contributed by atoms with van der Waals surface area (Å²) in [5.74, 6) is 0.571. The molecule has 0 aliphatic heterocycles. The number of benzene rings is 1. The molecule has 0 spiro atoms. The maximum absolute atomic E-state index is 12.3. The third kappa shape index (κ3) is 2.91. The first-order valence-corrected chi connectivity index (χ1v) is 6.73. The van der Waals surface area contributed by atoms with Crippen LogP contribution in [0.2, 0.25) is 0 Å². The quantitative estimate of drug-likeness (QED) is 0.878. The highest BCUT2D eigenvalue weighted by Gasteiger charge is 2.42. The van der Waals surface area contributed by atoms with Crippen LogP contribution in [0.3, 0.4) is 0 Å². The molecule has 1 amide bonds. The lowest BCUT2D eigenvalue weighted by atomic mass is 9.84. The second kappa shape index (κ2) is 5.93. The highest BCUT2D eigenvalue weighted by molar-refractivity contribution is 5.95. The average molecular weight is 273 g/mol. The Morgan fingerprint density at radius 1 is 1.55 bits per heavy atom. The van der Waals surface area contributed by atoms with Gasteiger partial charge in [0.15, 0.2) is 6.61 Å². The maximum atomic E-state index is 12.3. The van der Waals surface area contributed by atoms with Gasteiger partial charge in [0, 0.05) is 11.7 Å². The number of carbonyl (C=O) groups excluding carboxylic acids is 1. The zero-order chi connectivity index (χ0) is 14.6. The number of ether oxygens (including phenoxy) is 1. The van der Waals surface area contributed by atoms with Crippen molar-refractivity contribution in [1.29, 1.82) is 5.26 Å². The summed E-state index contributed by atoms with van der Waals surface area (Å²) in [6.45, 7) is 1.93. The molecule has 1 aliphatic carbocycles. The molecule has 2 atom stereocenters. The summed E-state index contributed by atoms with van der Waals surface area (Å²) >= 11 is 0. The molecule has 2 unspecified atom stereocenters. The topological polar surface area (TPSA) is 88.1 Å². The smallest absolute Gasteiger partial charge is 0.231 e. The van der Waals surface area contributed by atoms with Crippen molar-refractivity contribution in [1.82, 2.24) is 0 Å². The van der Waals surface area contributed by atoms with Crippen molar-refractivity contribution in [2.75, 3.05) is 11.9 Å². The lowest BCUT2D eigenvalue weighted by molar-refractivity contribution is -0.125. The fourth-order valence-corrected chi connectivity index (χ4v) is 2.50. The van der Waals surface area contributed by atoms with E-state index in [-0.39, 0.29) is 18.6 Å². The van der Waals surface area contributed by atoms with Crippen molar-refractivity contribution in [2.45, 2.75) is 32.2 Å². The second-order valence-electron chi connectivity index (χ2n) is 5.34. The fourth-order valence-electron chi connectivity index (χ4n) is 2.50. The molecule has 0 heterocycles. The summed E-state index contributed by atoms with van der Waals surface area (Å²) < 4.78 is 5.16. The number of nitrogens with one attached hydrogen (secondary N) is 1. The van der Waals surface area contributed by atoms with Gasteiger partial charge in [0.25, 0.3) is 0 Å². The van der Waals surface area contributed by atoms with Gasteiger partial charge in [-0.1, -0.05) is 6.42 Å². The zero-order valence-corrected chi connectivity index (χ0v) is 11.6. The molecular formula is C15H19N3O2. The Morgan fingerprint density at radius 2 is 2.25 bits per heavy atom. The summed E-state index contributed by atoms with van der Waals surface area (Å²) in [7, 11) is 0. The number of nitriles is 1. The Bertz CT molecular complexity index is 521. The lowest BCUT2D eigenvalue weighted by Crippen LogP contribution is -2.44. The van der Waals surface area contributed by atoms with Crippen LogP contribution in [0.15, 0.2) is 24.3 Å². The molecule has 2 rings (SSSR count). The number of hydrogen-bond acceptors (Lipinski definition) is 4. The Balaban J connectivity index is 2.00. The molecular weight excluding hydrogens is 254 g/mol. The minimum Gasteiger partial charge on any atom is -0.479 e. The van der Waals surface area contributed by atoms with Gasteiger partial charge in [-0.15, -0.1) is 0 Å². The third-order valence-electron chi connectivity index (χ3n) is 3.96. The van der Waals surface area contributed by atoms with Crippen molar-refractivity contribution < 1.29 is 9.53 Å². The molecule has 3 N–H and O–H groups in total. The Kier molecular flexibility index (Phi) is 4.26. The third-order valence-corrected chi connectivity index (χ3v) is 3.96. The van der Waals surface area contributed by atoms with Crippen molar-refractivity contribution in [2.24, 2.45) is 11.1 Å². The molecule has 5 heteroatoms. The van der Waals surface area contributed by atoms with E-state index in [2.05, 4.69) is 5.32 Å². The lowest BCUT2D eigenvalue weighted by Gasteiger charge is -2.27. The predicted molar refractivity (Wildman–Crippen MR) is 76.1 cm³/mol. The summed E-state index contributed by atoms with van der Waals surface area (Å²) in [6.07, 6.45) is 2.71. The molecule has 20 heavy (non-hydrogen) atoms. The summed E-state index contributed by atoms with van der Waals surface area (Å²) in [5, 5.41) is 11.3. The van der Waals surface area contributed by atoms with Crippen LogP contribution in [0.25, 0.3) is 0 Å². The highest BCUT2D eigenvalue weighted by Crippen LogP contribution is 2.37. The van der Waals surface area contributed by atoms with Gasteiger partial charge in [0.05, 0.1) is 5.41 Å².